The summed E-state index contributed by atoms with van der Waals surface area (Å²) >= 11 is 7.35. The minimum Gasteiger partial charge on any atom is -0.495 e. The number of rotatable bonds is 7. The van der Waals surface area contributed by atoms with Gasteiger partial charge in [-0.2, -0.15) is 0 Å². The maximum atomic E-state index is 12.3. The van der Waals surface area contributed by atoms with E-state index in [9.17, 15) is 9.59 Å². The molecular formula is C17H24ClN3O4S. The van der Waals surface area contributed by atoms with Crippen molar-refractivity contribution < 1.29 is 19.4 Å². The number of thioether (sulfide) groups is 1. The van der Waals surface area contributed by atoms with E-state index in [1.807, 2.05) is 13.8 Å². The number of aryl methyl sites for hydroxylation is 1. The molecule has 2 amide bonds. The number of hydrogen-bond acceptors (Lipinski definition) is 6. The van der Waals surface area contributed by atoms with Crippen LogP contribution in [-0.2, 0) is 9.59 Å². The molecule has 1 aromatic rings. The molecule has 4 N–H and O–H groups in total. The maximum Gasteiger partial charge on any atom is 0.234 e. The first-order valence-electron chi connectivity index (χ1n) is 8.28. The highest BCUT2D eigenvalue weighted by molar-refractivity contribution is 8.00. The van der Waals surface area contributed by atoms with Crippen LogP contribution < -0.4 is 20.7 Å². The lowest BCUT2D eigenvalue weighted by molar-refractivity contribution is -0.128. The Bertz CT molecular complexity index is 674. The van der Waals surface area contributed by atoms with E-state index in [1.54, 1.807) is 12.1 Å². The summed E-state index contributed by atoms with van der Waals surface area (Å²) in [7, 11) is 1.51. The van der Waals surface area contributed by atoms with Crippen LogP contribution in [0.1, 0.15) is 18.9 Å². The monoisotopic (exact) mass is 401 g/mol. The summed E-state index contributed by atoms with van der Waals surface area (Å²) in [5.41, 5.74) is 1.03. The Kier molecular flexibility index (Phi) is 7.57. The van der Waals surface area contributed by atoms with E-state index >= 15 is 0 Å². The Morgan fingerprint density at radius 1 is 1.46 bits per heavy atom. The highest BCUT2D eigenvalue weighted by Crippen LogP contribution is 2.31. The largest absolute Gasteiger partial charge is 0.495 e. The molecule has 3 atom stereocenters. The Hall–Kier alpha value is -1.48. The van der Waals surface area contributed by atoms with Crippen LogP contribution >= 0.6 is 23.4 Å². The lowest BCUT2D eigenvalue weighted by Crippen LogP contribution is -2.59. The lowest BCUT2D eigenvalue weighted by Gasteiger charge is -2.35. The Balaban J connectivity index is 1.90. The van der Waals surface area contributed by atoms with Crippen LogP contribution in [0.3, 0.4) is 0 Å². The number of carbonyl (C=O) groups is 2. The number of amides is 2. The van der Waals surface area contributed by atoms with Gasteiger partial charge >= 0.3 is 0 Å². The number of carbonyl (C=O) groups excluding carboxylic acids is 2. The third-order valence-corrected chi connectivity index (χ3v) is 5.63. The van der Waals surface area contributed by atoms with E-state index < -0.39 is 0 Å². The summed E-state index contributed by atoms with van der Waals surface area (Å²) in [4.78, 5) is 24.3. The van der Waals surface area contributed by atoms with E-state index in [4.69, 9.17) is 21.4 Å². The zero-order chi connectivity index (χ0) is 19.3. The fraction of sp³-hybridized carbons (Fsp3) is 0.529. The van der Waals surface area contributed by atoms with Crippen molar-refractivity contribution in [1.82, 2.24) is 10.6 Å². The minimum absolute atomic E-state index is 0.0351. The van der Waals surface area contributed by atoms with Crippen molar-refractivity contribution in [2.45, 2.75) is 31.8 Å². The molecule has 0 bridgehead atoms. The van der Waals surface area contributed by atoms with Crippen LogP contribution in [0, 0.1) is 12.8 Å². The summed E-state index contributed by atoms with van der Waals surface area (Å²) in [5.74, 6) is 0.0464. The normalized spacial score (nSPS) is 22.7. The highest BCUT2D eigenvalue weighted by atomic mass is 35.5. The summed E-state index contributed by atoms with van der Waals surface area (Å²) in [6, 6.07) is 3.34. The summed E-state index contributed by atoms with van der Waals surface area (Å²) < 4.78 is 5.24. The topological polar surface area (TPSA) is 99.7 Å². The Morgan fingerprint density at radius 3 is 2.81 bits per heavy atom. The fourth-order valence-electron chi connectivity index (χ4n) is 2.74. The van der Waals surface area contributed by atoms with Crippen molar-refractivity contribution in [3.8, 4) is 5.75 Å². The molecule has 2 rings (SSSR count). The third-order valence-electron chi connectivity index (χ3n) is 4.20. The first-order chi connectivity index (χ1) is 12.3. The molecule has 0 aliphatic carbocycles. The van der Waals surface area contributed by atoms with Gasteiger partial charge in [-0.15, -0.1) is 11.8 Å². The van der Waals surface area contributed by atoms with Crippen molar-refractivity contribution in [3.05, 3.63) is 22.7 Å². The summed E-state index contributed by atoms with van der Waals surface area (Å²) in [5, 5.41) is 18.5. The summed E-state index contributed by atoms with van der Waals surface area (Å²) in [6.45, 7) is 3.71. The van der Waals surface area contributed by atoms with E-state index in [0.29, 0.717) is 22.9 Å². The van der Waals surface area contributed by atoms with Crippen molar-refractivity contribution in [2.75, 3.05) is 24.8 Å². The SMILES string of the molecule is COc1cc(Cl)c(C)cc1NC(=O)CSC1NC(=O)C(CCO)C(C)N1. The van der Waals surface area contributed by atoms with Crippen molar-refractivity contribution >= 4 is 40.9 Å². The van der Waals surface area contributed by atoms with Crippen LogP contribution in [0.2, 0.25) is 5.02 Å². The van der Waals surface area contributed by atoms with Crippen LogP contribution in [0.15, 0.2) is 12.1 Å². The van der Waals surface area contributed by atoms with Crippen LogP contribution in [-0.4, -0.2) is 47.9 Å². The van der Waals surface area contributed by atoms with E-state index in [1.165, 1.54) is 18.9 Å². The molecule has 0 radical (unpaired) electrons. The van der Waals surface area contributed by atoms with Gasteiger partial charge in [0.15, 0.2) is 0 Å². The van der Waals surface area contributed by atoms with E-state index in [-0.39, 0.29) is 41.6 Å². The van der Waals surface area contributed by atoms with Gasteiger partial charge in [-0.3, -0.25) is 14.9 Å². The molecule has 1 aliphatic heterocycles. The molecule has 1 fully saturated rings. The smallest absolute Gasteiger partial charge is 0.234 e. The van der Waals surface area contributed by atoms with Gasteiger partial charge in [0.2, 0.25) is 11.8 Å². The molecule has 1 aromatic carbocycles. The van der Waals surface area contributed by atoms with Gasteiger partial charge in [0.25, 0.3) is 0 Å². The predicted molar refractivity (Wildman–Crippen MR) is 104 cm³/mol. The molecule has 144 valence electrons. The molecule has 1 heterocycles. The second kappa shape index (κ2) is 9.45. The Labute approximate surface area is 162 Å². The average molecular weight is 402 g/mol. The van der Waals surface area contributed by atoms with Gasteiger partial charge in [-0.05, 0) is 31.9 Å². The van der Waals surface area contributed by atoms with Gasteiger partial charge in [0.05, 0.1) is 24.5 Å². The molecule has 0 aromatic heterocycles. The van der Waals surface area contributed by atoms with Crippen molar-refractivity contribution in [2.24, 2.45) is 5.92 Å². The molecule has 1 saturated heterocycles. The highest BCUT2D eigenvalue weighted by Gasteiger charge is 2.33. The number of anilines is 1. The Morgan fingerprint density at radius 2 is 2.19 bits per heavy atom. The predicted octanol–water partition coefficient (Wildman–Crippen LogP) is 1.72. The van der Waals surface area contributed by atoms with Crippen LogP contribution in [0.4, 0.5) is 5.69 Å². The number of hydrogen-bond donors (Lipinski definition) is 4. The van der Waals surface area contributed by atoms with Crippen molar-refractivity contribution in [1.29, 1.82) is 0 Å². The van der Waals surface area contributed by atoms with Crippen molar-refractivity contribution in [3.63, 3.8) is 0 Å². The fourth-order valence-corrected chi connectivity index (χ4v) is 3.80. The van der Waals surface area contributed by atoms with Crippen LogP contribution in [0.5, 0.6) is 5.75 Å². The lowest BCUT2D eigenvalue weighted by atomic mass is 9.95. The van der Waals surface area contributed by atoms with Gasteiger partial charge < -0.3 is 20.5 Å². The van der Waals surface area contributed by atoms with Gasteiger partial charge in [0.1, 0.15) is 11.2 Å². The number of halogens is 1. The van der Waals surface area contributed by atoms with Gasteiger partial charge in [0, 0.05) is 23.7 Å². The maximum absolute atomic E-state index is 12.3. The molecule has 26 heavy (non-hydrogen) atoms. The average Bonchev–Trinajstić information content (AvgIpc) is 2.59. The molecule has 0 spiro atoms. The quantitative estimate of drug-likeness (QED) is 0.555. The first kappa shape index (κ1) is 20.8. The molecule has 0 saturated carbocycles. The second-order valence-corrected chi connectivity index (χ2v) is 7.62. The van der Waals surface area contributed by atoms with E-state index in [2.05, 4.69) is 16.0 Å². The molecular weight excluding hydrogens is 378 g/mol. The van der Waals surface area contributed by atoms with Gasteiger partial charge in [-0.25, -0.2) is 0 Å². The van der Waals surface area contributed by atoms with E-state index in [0.717, 1.165) is 5.56 Å². The first-order valence-corrected chi connectivity index (χ1v) is 9.71. The van der Waals surface area contributed by atoms with Crippen LogP contribution in [0.25, 0.3) is 0 Å². The van der Waals surface area contributed by atoms with Gasteiger partial charge in [-0.1, -0.05) is 11.6 Å². The number of methoxy groups -OCH3 is 1. The molecule has 7 nitrogen and oxygen atoms in total. The minimum atomic E-state index is -0.355. The number of aliphatic hydroxyl groups is 1. The number of nitrogens with one attached hydrogen (secondary N) is 3. The summed E-state index contributed by atoms with van der Waals surface area (Å²) in [6.07, 6.45) is 0.410. The number of benzene rings is 1. The zero-order valence-electron chi connectivity index (χ0n) is 15.0. The number of ether oxygens (including phenoxy) is 1. The molecule has 9 heteroatoms. The third kappa shape index (κ3) is 5.26. The molecule has 3 unspecified atom stereocenters. The molecule has 1 aliphatic rings. The number of aliphatic hydroxyl groups excluding tert-OH is 1. The second-order valence-electron chi connectivity index (χ2n) is 6.12. The zero-order valence-corrected chi connectivity index (χ0v) is 16.5. The standard InChI is InChI=1S/C17H24ClN3O4S/c1-9-6-13(14(25-3)7-12(9)18)20-15(23)8-26-17-19-10(2)11(4-5-22)16(24)21-17/h6-7,10-11,17,19,22H,4-5,8H2,1-3H3,(H,20,23)(H,21,24).